The number of hydrogen-bond acceptors (Lipinski definition) is 9. The van der Waals surface area contributed by atoms with Crippen molar-refractivity contribution >= 4 is 29.7 Å². The van der Waals surface area contributed by atoms with Crippen molar-refractivity contribution in [2.24, 2.45) is 0 Å². The lowest BCUT2D eigenvalue weighted by Crippen LogP contribution is -2.20. The molecule has 9 nitrogen and oxygen atoms in total. The van der Waals surface area contributed by atoms with E-state index in [9.17, 15) is 24.0 Å². The van der Waals surface area contributed by atoms with Gasteiger partial charge in [-0.15, -0.1) is 0 Å². The first-order valence-corrected chi connectivity index (χ1v) is 18.5. The van der Waals surface area contributed by atoms with Crippen LogP contribution in [-0.2, 0) is 42.9 Å². The highest BCUT2D eigenvalue weighted by Gasteiger charge is 2.15. The molecule has 0 aromatic carbocycles. The summed E-state index contributed by atoms with van der Waals surface area (Å²) in [5, 5.41) is 0. The molecule has 268 valence electrons. The standard InChI is InChI=1S/C37H66O9/c1-5-9-11-13-15-17-23-32(7-3)45-36(41)27-21-19-25-34(39)43-29-31(38)30-44-35(40)26-20-22-28-37(42)46-33(8-4)24-18-16-14-12-10-6-2/h32-33H,5-30H2,1-4H3. The summed E-state index contributed by atoms with van der Waals surface area (Å²) in [5.41, 5.74) is 0. The van der Waals surface area contributed by atoms with Crippen LogP contribution < -0.4 is 0 Å². The van der Waals surface area contributed by atoms with E-state index in [0.29, 0.717) is 25.7 Å². The van der Waals surface area contributed by atoms with Crippen molar-refractivity contribution in [3.63, 3.8) is 0 Å². The molecule has 0 spiro atoms. The van der Waals surface area contributed by atoms with Gasteiger partial charge in [0.1, 0.15) is 12.2 Å². The van der Waals surface area contributed by atoms with Crippen LogP contribution in [-0.4, -0.2) is 55.1 Å². The Morgan fingerprint density at radius 3 is 1.09 bits per heavy atom. The van der Waals surface area contributed by atoms with E-state index < -0.39 is 30.9 Å². The third kappa shape index (κ3) is 27.8. The predicted octanol–water partition coefficient (Wildman–Crippen LogP) is 8.91. The molecule has 2 atom stereocenters. The van der Waals surface area contributed by atoms with Gasteiger partial charge in [0.2, 0.25) is 5.78 Å². The first-order chi connectivity index (χ1) is 22.2. The lowest BCUT2D eigenvalue weighted by Gasteiger charge is -2.16. The fourth-order valence-electron chi connectivity index (χ4n) is 5.07. The van der Waals surface area contributed by atoms with Gasteiger partial charge in [0.15, 0.2) is 13.2 Å². The maximum atomic E-state index is 12.2. The Bertz CT molecular complexity index is 747. The molecule has 0 amide bonds. The molecule has 0 aromatic heterocycles. The van der Waals surface area contributed by atoms with E-state index in [4.69, 9.17) is 18.9 Å². The Balaban J connectivity index is 3.87. The van der Waals surface area contributed by atoms with Gasteiger partial charge in [-0.05, 0) is 64.2 Å². The largest absolute Gasteiger partial charge is 0.462 e. The van der Waals surface area contributed by atoms with Gasteiger partial charge in [-0.25, -0.2) is 0 Å². The van der Waals surface area contributed by atoms with Crippen molar-refractivity contribution in [2.45, 2.75) is 194 Å². The maximum Gasteiger partial charge on any atom is 0.306 e. The monoisotopic (exact) mass is 654 g/mol. The fourth-order valence-corrected chi connectivity index (χ4v) is 5.07. The second kappa shape index (κ2) is 31.2. The average molecular weight is 655 g/mol. The van der Waals surface area contributed by atoms with Crippen molar-refractivity contribution in [3.05, 3.63) is 0 Å². The molecule has 0 fully saturated rings. The number of rotatable bonds is 32. The Morgan fingerprint density at radius 1 is 0.413 bits per heavy atom. The van der Waals surface area contributed by atoms with Crippen LogP contribution in [0.3, 0.4) is 0 Å². The Morgan fingerprint density at radius 2 is 0.739 bits per heavy atom. The first kappa shape index (κ1) is 43.5. The SMILES string of the molecule is CCCCCCCCC(CC)OC(=O)CCCCC(=O)OCC(=O)COC(=O)CCCCC(=O)OC(CC)CCCCCCCC. The van der Waals surface area contributed by atoms with Crippen molar-refractivity contribution in [3.8, 4) is 0 Å². The van der Waals surface area contributed by atoms with Gasteiger partial charge in [0.25, 0.3) is 0 Å². The molecule has 0 rings (SSSR count). The molecule has 9 heteroatoms. The second-order valence-electron chi connectivity index (χ2n) is 12.4. The van der Waals surface area contributed by atoms with Gasteiger partial charge in [-0.1, -0.05) is 91.9 Å². The van der Waals surface area contributed by atoms with Crippen molar-refractivity contribution in [1.29, 1.82) is 0 Å². The summed E-state index contributed by atoms with van der Waals surface area (Å²) in [6.07, 6.45) is 20.3. The topological polar surface area (TPSA) is 122 Å². The van der Waals surface area contributed by atoms with Crippen molar-refractivity contribution < 1.29 is 42.9 Å². The number of ether oxygens (including phenoxy) is 4. The highest BCUT2D eigenvalue weighted by Crippen LogP contribution is 2.16. The normalized spacial score (nSPS) is 12.3. The third-order valence-electron chi connectivity index (χ3n) is 8.08. The Hall–Kier alpha value is -2.45. The van der Waals surface area contributed by atoms with Crippen LogP contribution >= 0.6 is 0 Å². The number of carbonyl (C=O) groups is 5. The number of hydrogen-bond donors (Lipinski definition) is 0. The number of unbranched alkanes of at least 4 members (excludes halogenated alkanes) is 12. The highest BCUT2D eigenvalue weighted by molar-refractivity contribution is 5.85. The van der Waals surface area contributed by atoms with Crippen LogP contribution in [0.15, 0.2) is 0 Å². The first-order valence-electron chi connectivity index (χ1n) is 18.5. The van der Waals surface area contributed by atoms with E-state index in [0.717, 1.165) is 38.5 Å². The van der Waals surface area contributed by atoms with Crippen LogP contribution in [0.5, 0.6) is 0 Å². The summed E-state index contributed by atoms with van der Waals surface area (Å²) in [6.45, 7) is 7.51. The minimum absolute atomic E-state index is 0.0504. The molecular formula is C37H66O9. The van der Waals surface area contributed by atoms with Gasteiger partial charge in [0, 0.05) is 25.7 Å². The van der Waals surface area contributed by atoms with E-state index in [2.05, 4.69) is 13.8 Å². The van der Waals surface area contributed by atoms with Gasteiger partial charge >= 0.3 is 23.9 Å². The molecule has 0 heterocycles. The number of carbonyl (C=O) groups excluding carboxylic acids is 5. The molecule has 0 aliphatic carbocycles. The van der Waals surface area contributed by atoms with Crippen LogP contribution in [0.2, 0.25) is 0 Å². The Kier molecular flexibility index (Phi) is 29.5. The minimum Gasteiger partial charge on any atom is -0.462 e. The van der Waals surface area contributed by atoms with Gasteiger partial charge < -0.3 is 18.9 Å². The predicted molar refractivity (Wildman–Crippen MR) is 180 cm³/mol. The molecule has 0 bridgehead atoms. The molecule has 0 aliphatic heterocycles. The van der Waals surface area contributed by atoms with Crippen LogP contribution in [0.1, 0.15) is 182 Å². The van der Waals surface area contributed by atoms with E-state index in [-0.39, 0.29) is 49.8 Å². The summed E-state index contributed by atoms with van der Waals surface area (Å²) < 4.78 is 21.1. The zero-order valence-corrected chi connectivity index (χ0v) is 29.7. The van der Waals surface area contributed by atoms with Crippen molar-refractivity contribution in [2.75, 3.05) is 13.2 Å². The number of ketones is 1. The lowest BCUT2D eigenvalue weighted by atomic mass is 10.1. The molecule has 0 saturated carbocycles. The van der Waals surface area contributed by atoms with Crippen molar-refractivity contribution in [1.82, 2.24) is 0 Å². The van der Waals surface area contributed by atoms with E-state index in [1.54, 1.807) is 0 Å². The molecule has 0 aliphatic rings. The smallest absolute Gasteiger partial charge is 0.306 e. The fraction of sp³-hybridized carbons (Fsp3) is 0.865. The van der Waals surface area contributed by atoms with E-state index in [1.807, 2.05) is 13.8 Å². The summed E-state index contributed by atoms with van der Waals surface area (Å²) in [6, 6.07) is 0. The quantitative estimate of drug-likeness (QED) is 0.0397. The molecule has 0 aromatic rings. The average Bonchev–Trinajstić information content (AvgIpc) is 3.05. The zero-order valence-electron chi connectivity index (χ0n) is 29.7. The molecule has 0 N–H and O–H groups in total. The van der Waals surface area contributed by atoms with Gasteiger partial charge in [-0.3, -0.25) is 24.0 Å². The van der Waals surface area contributed by atoms with Crippen LogP contribution in [0, 0.1) is 0 Å². The molecule has 0 radical (unpaired) electrons. The molecule has 46 heavy (non-hydrogen) atoms. The maximum absolute atomic E-state index is 12.2. The second-order valence-corrected chi connectivity index (χ2v) is 12.4. The molecule has 2 unspecified atom stereocenters. The van der Waals surface area contributed by atoms with Crippen LogP contribution in [0.25, 0.3) is 0 Å². The summed E-state index contributed by atoms with van der Waals surface area (Å²) in [7, 11) is 0. The minimum atomic E-state index is -0.535. The lowest BCUT2D eigenvalue weighted by molar-refractivity contribution is -0.154. The number of esters is 4. The summed E-state index contributed by atoms with van der Waals surface area (Å²) >= 11 is 0. The van der Waals surface area contributed by atoms with Gasteiger partial charge in [-0.2, -0.15) is 0 Å². The summed E-state index contributed by atoms with van der Waals surface area (Å²) in [5.74, 6) is -2.07. The van der Waals surface area contributed by atoms with Crippen LogP contribution in [0.4, 0.5) is 0 Å². The van der Waals surface area contributed by atoms with E-state index >= 15 is 0 Å². The zero-order chi connectivity index (χ0) is 34.3. The highest BCUT2D eigenvalue weighted by atomic mass is 16.6. The Labute approximate surface area is 279 Å². The summed E-state index contributed by atoms with van der Waals surface area (Å²) in [4.78, 5) is 60.2. The van der Waals surface area contributed by atoms with Gasteiger partial charge in [0.05, 0.1) is 0 Å². The third-order valence-corrected chi connectivity index (χ3v) is 8.08. The molecule has 0 saturated heterocycles. The van der Waals surface area contributed by atoms with E-state index in [1.165, 1.54) is 64.2 Å². The molecular weight excluding hydrogens is 588 g/mol. The number of Topliss-reactive ketones (excluding diaryl/α,β-unsaturated/α-hetero) is 1.